The molecule has 104 valence electrons. The topological polar surface area (TPSA) is 52.6 Å². The van der Waals surface area contributed by atoms with Gasteiger partial charge in [0.2, 0.25) is 0 Å². The number of carbonyl (C=O) groups excluding carboxylic acids is 2. The van der Waals surface area contributed by atoms with Gasteiger partial charge in [0.1, 0.15) is 6.10 Å². The Morgan fingerprint density at radius 3 is 2.50 bits per heavy atom. The number of carbonyl (C=O) groups is 2. The summed E-state index contributed by atoms with van der Waals surface area (Å²) in [4.78, 5) is 22.1. The molecule has 18 heavy (non-hydrogen) atoms. The molecule has 0 bridgehead atoms. The third-order valence-electron chi connectivity index (χ3n) is 3.21. The molecule has 1 aliphatic rings. The number of esters is 1. The van der Waals surface area contributed by atoms with Gasteiger partial charge in [0.05, 0.1) is 12.2 Å². The van der Waals surface area contributed by atoms with E-state index in [4.69, 9.17) is 9.47 Å². The summed E-state index contributed by atoms with van der Waals surface area (Å²) in [5.74, 6) is 0.682. The lowest BCUT2D eigenvalue weighted by atomic mass is 9.92. The van der Waals surface area contributed by atoms with Crippen molar-refractivity contribution in [3.63, 3.8) is 0 Å². The summed E-state index contributed by atoms with van der Waals surface area (Å²) in [6.45, 7) is 7.00. The molecule has 0 aromatic carbocycles. The second-order valence-corrected chi connectivity index (χ2v) is 5.93. The van der Waals surface area contributed by atoms with E-state index in [1.807, 2.05) is 6.92 Å². The molecule has 0 radical (unpaired) electrons. The monoisotopic (exact) mass is 274 g/mol. The first-order chi connectivity index (χ1) is 8.45. The molecule has 0 amide bonds. The molecule has 4 atom stereocenters. The summed E-state index contributed by atoms with van der Waals surface area (Å²) in [7, 11) is 0. The van der Waals surface area contributed by atoms with Gasteiger partial charge in [0.15, 0.2) is 5.12 Å². The van der Waals surface area contributed by atoms with Crippen LogP contribution in [0.1, 0.15) is 40.5 Å². The Morgan fingerprint density at radius 1 is 1.33 bits per heavy atom. The molecule has 4 nitrogen and oxygen atoms in total. The molecule has 1 rings (SSSR count). The number of rotatable bonds is 5. The predicted molar refractivity (Wildman–Crippen MR) is 71.4 cm³/mol. The second-order valence-electron chi connectivity index (χ2n) is 4.65. The Bertz CT molecular complexity index is 305. The normalized spacial score (nSPS) is 31.3. The van der Waals surface area contributed by atoms with E-state index in [0.29, 0.717) is 0 Å². The third-order valence-corrected chi connectivity index (χ3v) is 4.06. The summed E-state index contributed by atoms with van der Waals surface area (Å²) >= 11 is 1.32. The van der Waals surface area contributed by atoms with Gasteiger partial charge < -0.3 is 9.47 Å². The van der Waals surface area contributed by atoms with E-state index in [2.05, 4.69) is 6.92 Å². The Balaban J connectivity index is 2.60. The summed E-state index contributed by atoms with van der Waals surface area (Å²) in [6.07, 6.45) is 1.62. The van der Waals surface area contributed by atoms with Crippen molar-refractivity contribution in [3.8, 4) is 0 Å². The standard InChI is InChI=1S/C13H22O4S/c1-5-12-11(6-7-18-10(4)15)13(8(2)16-12)17-9(3)14/h8,11-13H,5-7H2,1-4H3/t8-,11?,12+,13+/m0/s1. The van der Waals surface area contributed by atoms with Gasteiger partial charge in [-0.1, -0.05) is 18.7 Å². The van der Waals surface area contributed by atoms with Crippen molar-refractivity contribution in [2.24, 2.45) is 5.92 Å². The zero-order valence-electron chi connectivity index (χ0n) is 11.5. The van der Waals surface area contributed by atoms with E-state index in [-0.39, 0.29) is 35.3 Å². The van der Waals surface area contributed by atoms with Crippen LogP contribution in [0.25, 0.3) is 0 Å². The lowest BCUT2D eigenvalue weighted by molar-refractivity contribution is -0.150. The van der Waals surface area contributed by atoms with E-state index in [0.717, 1.165) is 18.6 Å². The average Bonchev–Trinajstić information content (AvgIpc) is 2.56. The van der Waals surface area contributed by atoms with Gasteiger partial charge in [-0.15, -0.1) is 0 Å². The minimum absolute atomic E-state index is 0.0637. The van der Waals surface area contributed by atoms with Crippen LogP contribution >= 0.6 is 11.8 Å². The minimum Gasteiger partial charge on any atom is -0.459 e. The van der Waals surface area contributed by atoms with Crippen molar-refractivity contribution in [2.45, 2.75) is 58.8 Å². The molecule has 0 spiro atoms. The van der Waals surface area contributed by atoms with Crippen LogP contribution in [-0.4, -0.2) is 35.1 Å². The van der Waals surface area contributed by atoms with Crippen LogP contribution in [-0.2, 0) is 19.1 Å². The van der Waals surface area contributed by atoms with Crippen molar-refractivity contribution in [2.75, 3.05) is 5.75 Å². The smallest absolute Gasteiger partial charge is 0.303 e. The molecule has 0 aliphatic carbocycles. The van der Waals surface area contributed by atoms with Crippen LogP contribution in [0.5, 0.6) is 0 Å². The molecule has 1 aliphatic heterocycles. The summed E-state index contributed by atoms with van der Waals surface area (Å²) in [6, 6.07) is 0. The number of hydrogen-bond donors (Lipinski definition) is 0. The van der Waals surface area contributed by atoms with Crippen LogP contribution in [0.2, 0.25) is 0 Å². The molecule has 1 fully saturated rings. The van der Waals surface area contributed by atoms with Gasteiger partial charge >= 0.3 is 5.97 Å². The molecule has 1 saturated heterocycles. The Morgan fingerprint density at radius 2 is 2.00 bits per heavy atom. The van der Waals surface area contributed by atoms with Gasteiger partial charge in [0, 0.05) is 25.5 Å². The van der Waals surface area contributed by atoms with Gasteiger partial charge in [0.25, 0.3) is 0 Å². The first kappa shape index (κ1) is 15.5. The molecular formula is C13H22O4S. The maximum atomic E-state index is 11.1. The van der Waals surface area contributed by atoms with E-state index in [1.54, 1.807) is 6.92 Å². The predicted octanol–water partition coefficient (Wildman–Crippen LogP) is 2.40. The zero-order chi connectivity index (χ0) is 13.7. The van der Waals surface area contributed by atoms with E-state index in [9.17, 15) is 9.59 Å². The molecule has 0 aromatic rings. The second kappa shape index (κ2) is 7.14. The average molecular weight is 274 g/mol. The number of thioether (sulfide) groups is 1. The van der Waals surface area contributed by atoms with E-state index in [1.165, 1.54) is 18.7 Å². The largest absolute Gasteiger partial charge is 0.459 e. The first-order valence-electron chi connectivity index (χ1n) is 6.41. The van der Waals surface area contributed by atoms with Crippen LogP contribution in [0.15, 0.2) is 0 Å². The number of ether oxygens (including phenoxy) is 2. The van der Waals surface area contributed by atoms with E-state index < -0.39 is 0 Å². The summed E-state index contributed by atoms with van der Waals surface area (Å²) in [5.41, 5.74) is 0. The Kier molecular flexibility index (Phi) is 6.15. The van der Waals surface area contributed by atoms with Crippen molar-refractivity contribution in [1.82, 2.24) is 0 Å². The summed E-state index contributed by atoms with van der Waals surface area (Å²) < 4.78 is 11.2. The van der Waals surface area contributed by atoms with Crippen LogP contribution < -0.4 is 0 Å². The Labute approximate surface area is 113 Å². The van der Waals surface area contributed by atoms with Crippen molar-refractivity contribution in [1.29, 1.82) is 0 Å². The van der Waals surface area contributed by atoms with Gasteiger partial charge in [-0.3, -0.25) is 9.59 Å². The first-order valence-corrected chi connectivity index (χ1v) is 7.40. The van der Waals surface area contributed by atoms with Gasteiger partial charge in [-0.05, 0) is 19.8 Å². The zero-order valence-corrected chi connectivity index (χ0v) is 12.3. The van der Waals surface area contributed by atoms with E-state index >= 15 is 0 Å². The fraction of sp³-hybridized carbons (Fsp3) is 0.846. The quantitative estimate of drug-likeness (QED) is 0.721. The van der Waals surface area contributed by atoms with Crippen LogP contribution in [0.3, 0.4) is 0 Å². The van der Waals surface area contributed by atoms with Crippen LogP contribution in [0, 0.1) is 5.92 Å². The molecule has 0 aromatic heterocycles. The lowest BCUT2D eigenvalue weighted by Gasteiger charge is -2.22. The van der Waals surface area contributed by atoms with Gasteiger partial charge in [-0.25, -0.2) is 0 Å². The maximum absolute atomic E-state index is 11.1. The number of hydrogen-bond acceptors (Lipinski definition) is 5. The van der Waals surface area contributed by atoms with Crippen molar-refractivity contribution < 1.29 is 19.1 Å². The fourth-order valence-electron chi connectivity index (χ4n) is 2.48. The van der Waals surface area contributed by atoms with Gasteiger partial charge in [-0.2, -0.15) is 0 Å². The Hall–Kier alpha value is -0.550. The molecule has 0 saturated carbocycles. The van der Waals surface area contributed by atoms with Crippen LogP contribution in [0.4, 0.5) is 0 Å². The SMILES string of the molecule is CC[C@H]1O[C@@H](C)[C@@H](OC(C)=O)C1CCSC(C)=O. The highest BCUT2D eigenvalue weighted by Gasteiger charge is 2.43. The third kappa shape index (κ3) is 4.28. The fourth-order valence-corrected chi connectivity index (χ4v) is 3.15. The maximum Gasteiger partial charge on any atom is 0.303 e. The highest BCUT2D eigenvalue weighted by Crippen LogP contribution is 2.34. The highest BCUT2D eigenvalue weighted by molar-refractivity contribution is 8.13. The molecule has 1 unspecified atom stereocenters. The minimum atomic E-state index is -0.267. The molecule has 0 N–H and O–H groups in total. The molecule has 1 heterocycles. The lowest BCUT2D eigenvalue weighted by Crippen LogP contribution is -2.31. The van der Waals surface area contributed by atoms with Crippen molar-refractivity contribution >= 4 is 22.8 Å². The van der Waals surface area contributed by atoms with Crippen molar-refractivity contribution in [3.05, 3.63) is 0 Å². The highest BCUT2D eigenvalue weighted by atomic mass is 32.2. The molecular weight excluding hydrogens is 252 g/mol. The molecule has 5 heteroatoms. The summed E-state index contributed by atoms with van der Waals surface area (Å²) in [5, 5.41) is 0.124.